The number of ether oxygens (including phenoxy) is 2. The average molecular weight is 260 g/mol. The monoisotopic (exact) mass is 260 g/mol. The summed E-state index contributed by atoms with van der Waals surface area (Å²) in [6.07, 6.45) is -1.60. The van der Waals surface area contributed by atoms with Crippen molar-refractivity contribution in [1.82, 2.24) is 0 Å². The number of hydrogen-bond acceptors (Lipinski definition) is 6. The molecule has 0 N–H and O–H groups in total. The van der Waals surface area contributed by atoms with Crippen molar-refractivity contribution in [2.75, 3.05) is 0 Å². The molecule has 0 aromatic carbocycles. The third-order valence-electron chi connectivity index (χ3n) is 3.36. The van der Waals surface area contributed by atoms with Crippen LogP contribution >= 0.6 is 0 Å². The molecule has 3 rings (SSSR count). The van der Waals surface area contributed by atoms with Crippen molar-refractivity contribution in [3.05, 3.63) is 12.2 Å². The van der Waals surface area contributed by atoms with E-state index < -0.39 is 39.6 Å². The zero-order valence-electron chi connectivity index (χ0n) is 9.16. The third-order valence-corrected chi connectivity index (χ3v) is 5.08. The first kappa shape index (κ1) is 11.2. The second-order valence-corrected chi connectivity index (χ2v) is 6.34. The highest BCUT2D eigenvalue weighted by atomic mass is 32.2. The van der Waals surface area contributed by atoms with E-state index in [4.69, 9.17) is 13.7 Å². The first-order chi connectivity index (χ1) is 7.90. The molecule has 3 aliphatic heterocycles. The summed E-state index contributed by atoms with van der Waals surface area (Å²) in [6, 6.07) is 0. The van der Waals surface area contributed by atoms with Gasteiger partial charge >= 0.3 is 5.97 Å². The van der Waals surface area contributed by atoms with E-state index in [1.807, 2.05) is 0 Å². The predicted molar refractivity (Wildman–Crippen MR) is 55.6 cm³/mol. The molecule has 3 heterocycles. The summed E-state index contributed by atoms with van der Waals surface area (Å²) in [6.45, 7) is 4.97. The maximum atomic E-state index is 11.7. The second kappa shape index (κ2) is 3.30. The molecule has 0 spiro atoms. The Kier molecular flexibility index (Phi) is 2.17. The van der Waals surface area contributed by atoms with Gasteiger partial charge in [-0.05, 0) is 6.92 Å². The van der Waals surface area contributed by atoms with Gasteiger partial charge in [0.25, 0.3) is 10.1 Å². The Morgan fingerprint density at radius 3 is 2.76 bits per heavy atom. The molecule has 3 saturated heterocycles. The first-order valence-corrected chi connectivity index (χ1v) is 6.81. The van der Waals surface area contributed by atoms with Gasteiger partial charge in [0, 0.05) is 12.0 Å². The molecule has 5 atom stereocenters. The van der Waals surface area contributed by atoms with Gasteiger partial charge in [0.05, 0.1) is 6.10 Å². The number of fused-ring (bicyclic) bond motifs is 1. The minimum atomic E-state index is -3.68. The maximum Gasteiger partial charge on any atom is 0.333 e. The number of hydrogen-bond donors (Lipinski definition) is 0. The maximum absolute atomic E-state index is 11.7. The van der Waals surface area contributed by atoms with Gasteiger partial charge in [-0.1, -0.05) is 6.58 Å². The van der Waals surface area contributed by atoms with E-state index >= 15 is 0 Å². The van der Waals surface area contributed by atoms with Crippen molar-refractivity contribution in [3.63, 3.8) is 0 Å². The Labute approximate surface area is 98.7 Å². The number of carbonyl (C=O) groups is 1. The zero-order valence-corrected chi connectivity index (χ0v) is 9.98. The van der Waals surface area contributed by atoms with Gasteiger partial charge in [-0.25, -0.2) is 4.79 Å². The molecular weight excluding hydrogens is 248 g/mol. The Balaban J connectivity index is 1.88. The number of carbonyl (C=O) groups excluding carboxylic acids is 1. The normalized spacial score (nSPS) is 44.9. The lowest BCUT2D eigenvalue weighted by molar-refractivity contribution is -0.146. The molecule has 2 bridgehead atoms. The fourth-order valence-electron chi connectivity index (χ4n) is 2.63. The molecule has 17 heavy (non-hydrogen) atoms. The van der Waals surface area contributed by atoms with Crippen LogP contribution in [0.5, 0.6) is 0 Å². The highest BCUT2D eigenvalue weighted by Crippen LogP contribution is 2.47. The largest absolute Gasteiger partial charge is 0.455 e. The quantitative estimate of drug-likeness (QED) is 0.387. The zero-order chi connectivity index (χ0) is 12.4. The minimum Gasteiger partial charge on any atom is -0.455 e. The van der Waals surface area contributed by atoms with Gasteiger partial charge in [-0.15, -0.1) is 0 Å². The van der Waals surface area contributed by atoms with Crippen molar-refractivity contribution in [2.24, 2.45) is 0 Å². The summed E-state index contributed by atoms with van der Waals surface area (Å²) in [5.41, 5.74) is 0.237. The van der Waals surface area contributed by atoms with Crippen LogP contribution in [0.15, 0.2) is 12.2 Å². The highest BCUT2D eigenvalue weighted by Gasteiger charge is 2.67. The van der Waals surface area contributed by atoms with E-state index in [1.165, 1.54) is 6.92 Å². The first-order valence-electron chi connectivity index (χ1n) is 5.34. The standard InChI is InChI=1S/C10H12O6S/c1-4(2)10(11)15-7-5-3-6-8(14-5)9(7)17(12,13)16-6/h5-9H,1,3H2,2H3. The Bertz CT molecular complexity index is 493. The van der Waals surface area contributed by atoms with Gasteiger partial charge in [-0.3, -0.25) is 4.18 Å². The van der Waals surface area contributed by atoms with Crippen LogP contribution in [0.1, 0.15) is 13.3 Å². The molecular formula is C10H12O6S. The molecule has 0 aliphatic carbocycles. The van der Waals surface area contributed by atoms with E-state index in [9.17, 15) is 13.2 Å². The van der Waals surface area contributed by atoms with Crippen LogP contribution in [0, 0.1) is 0 Å². The molecule has 3 fully saturated rings. The van der Waals surface area contributed by atoms with Crippen molar-refractivity contribution >= 4 is 16.1 Å². The Morgan fingerprint density at radius 2 is 2.12 bits per heavy atom. The van der Waals surface area contributed by atoms with Crippen LogP contribution in [0.4, 0.5) is 0 Å². The summed E-state index contributed by atoms with van der Waals surface area (Å²) in [5.74, 6) is -0.593. The molecule has 5 unspecified atom stereocenters. The SMILES string of the molecule is C=C(C)C(=O)OC1C2CC3OS(=O)(=O)C1C3O2. The van der Waals surface area contributed by atoms with Crippen LogP contribution in [-0.4, -0.2) is 44.1 Å². The summed E-state index contributed by atoms with van der Waals surface area (Å²) in [5, 5.41) is -0.880. The van der Waals surface area contributed by atoms with Crippen LogP contribution in [0.25, 0.3) is 0 Å². The topological polar surface area (TPSA) is 78.9 Å². The summed E-state index contributed by atoms with van der Waals surface area (Å²) >= 11 is 0. The fraction of sp³-hybridized carbons (Fsp3) is 0.700. The summed E-state index contributed by atoms with van der Waals surface area (Å²) in [4.78, 5) is 11.4. The summed E-state index contributed by atoms with van der Waals surface area (Å²) < 4.78 is 39.0. The van der Waals surface area contributed by atoms with E-state index in [2.05, 4.69) is 6.58 Å². The minimum absolute atomic E-state index is 0.237. The van der Waals surface area contributed by atoms with Gasteiger partial charge in [-0.2, -0.15) is 8.42 Å². The van der Waals surface area contributed by atoms with E-state index in [1.54, 1.807) is 0 Å². The average Bonchev–Trinajstić information content (AvgIpc) is 2.77. The van der Waals surface area contributed by atoms with Gasteiger partial charge in [0.15, 0.2) is 11.4 Å². The van der Waals surface area contributed by atoms with Crippen molar-refractivity contribution in [1.29, 1.82) is 0 Å². The van der Waals surface area contributed by atoms with Gasteiger partial charge in [0.1, 0.15) is 12.2 Å². The molecule has 94 valence electrons. The fourth-order valence-corrected chi connectivity index (χ4v) is 4.42. The van der Waals surface area contributed by atoms with Gasteiger partial charge < -0.3 is 9.47 Å². The predicted octanol–water partition coefficient (Wildman–Crippen LogP) is -0.257. The molecule has 6 nitrogen and oxygen atoms in total. The lowest BCUT2D eigenvalue weighted by atomic mass is 9.95. The molecule has 0 aromatic rings. The van der Waals surface area contributed by atoms with Gasteiger partial charge in [0.2, 0.25) is 0 Å². The Morgan fingerprint density at radius 1 is 1.41 bits per heavy atom. The van der Waals surface area contributed by atoms with Crippen LogP contribution in [-0.2, 0) is 28.6 Å². The van der Waals surface area contributed by atoms with Crippen LogP contribution in [0.2, 0.25) is 0 Å². The highest BCUT2D eigenvalue weighted by molar-refractivity contribution is 7.87. The molecule has 0 aromatic heterocycles. The van der Waals surface area contributed by atoms with E-state index in [-0.39, 0.29) is 11.7 Å². The lowest BCUT2D eigenvalue weighted by Crippen LogP contribution is -2.43. The number of esters is 1. The van der Waals surface area contributed by atoms with Crippen molar-refractivity contribution in [3.8, 4) is 0 Å². The summed E-state index contributed by atoms with van der Waals surface area (Å²) in [7, 11) is -3.68. The van der Waals surface area contributed by atoms with Crippen molar-refractivity contribution < 1.29 is 26.9 Å². The second-order valence-electron chi connectivity index (χ2n) is 4.62. The smallest absolute Gasteiger partial charge is 0.333 e. The molecule has 0 amide bonds. The van der Waals surface area contributed by atoms with Crippen LogP contribution in [0.3, 0.4) is 0 Å². The molecule has 7 heteroatoms. The van der Waals surface area contributed by atoms with Crippen molar-refractivity contribution in [2.45, 2.75) is 43.0 Å². The molecule has 0 radical (unpaired) electrons. The lowest BCUT2D eigenvalue weighted by Gasteiger charge is -2.21. The molecule has 3 aliphatic rings. The van der Waals surface area contributed by atoms with E-state index in [0.717, 1.165) is 0 Å². The van der Waals surface area contributed by atoms with Crippen LogP contribution < -0.4 is 0 Å². The molecule has 0 saturated carbocycles. The number of rotatable bonds is 2. The third kappa shape index (κ3) is 1.46. The Hall–Kier alpha value is -0.920. The van der Waals surface area contributed by atoms with E-state index in [0.29, 0.717) is 6.42 Å².